The molecular weight excluding hydrogens is 1110 g/mol. The number of aliphatic hydroxyl groups is 10. The minimum Gasteiger partial charge on any atom is -0.461 e. The number of Topliss-reactive ketones (excluding diaryl/α,β-unsaturated/α-hetero) is 2. The molecule has 14 N–H and O–H groups in total. The Morgan fingerprint density at radius 3 is 1.92 bits per heavy atom. The maximum Gasteiger partial charge on any atom is 0.308 e. The van der Waals surface area contributed by atoms with Crippen LogP contribution in [0.25, 0.3) is 0 Å². The number of nitrogens with two attached hydrogens (primary N) is 1. The Bertz CT molecular complexity index is 2430. The molecular formula is C64H98N4O18. The molecule has 14 unspecified atom stereocenters. The smallest absolute Gasteiger partial charge is 0.308 e. The number of aliphatic hydroxyl groups excluding tert-OH is 9. The van der Waals surface area contributed by atoms with Crippen LogP contribution in [-0.4, -0.2) is 211 Å². The lowest BCUT2D eigenvalue weighted by Crippen LogP contribution is -2.62. The second-order valence-electron chi connectivity index (χ2n) is 23.5. The van der Waals surface area contributed by atoms with Crippen molar-refractivity contribution in [2.75, 3.05) is 39.5 Å². The number of allylic oxidation sites excluding steroid dienone is 12. The van der Waals surface area contributed by atoms with Crippen LogP contribution in [0.3, 0.4) is 0 Å². The molecule has 0 aliphatic carbocycles. The first kappa shape index (κ1) is 73.4. The Labute approximate surface area is 506 Å². The van der Waals surface area contributed by atoms with Gasteiger partial charge in [-0.2, -0.15) is 0 Å². The lowest BCUT2D eigenvalue weighted by molar-refractivity contribution is -0.307. The number of amides is 1. The molecule has 1 amide bonds. The van der Waals surface area contributed by atoms with Gasteiger partial charge < -0.3 is 91.3 Å². The SMILES string of the molecule is CNc1ccc(C(=O)CC(O)CCC(C)C2OC(=O)CC(O)CC(=O)CC(O)CC(O)CC(O)CC(O)CC3(O)CC(O)C(C(=O)NCCCN(C)C)C(CC(O[C@@H]4O[C@H](C)[C@@H](O)[C@H](N)[C@@H]4O)/C=C/C=C/C=C/C=C\C=C/C=C/C=C/C2C)O3)cc1. The first-order chi connectivity index (χ1) is 40.8. The molecule has 3 aliphatic heterocycles. The molecule has 2 bridgehead atoms. The molecule has 3 aliphatic rings. The molecule has 22 heteroatoms. The minimum absolute atomic E-state index is 0.102. The summed E-state index contributed by atoms with van der Waals surface area (Å²) in [5.74, 6) is -6.43. The Hall–Kier alpha value is -5.12. The molecule has 4 rings (SSSR count). The normalized spacial score (nSPS) is 36.3. The summed E-state index contributed by atoms with van der Waals surface area (Å²) < 4.78 is 24.3. The zero-order valence-electron chi connectivity index (χ0n) is 50.7. The number of nitrogens with one attached hydrogen (secondary N) is 2. The fourth-order valence-electron chi connectivity index (χ4n) is 10.8. The van der Waals surface area contributed by atoms with Crippen LogP contribution in [-0.2, 0) is 33.3 Å². The van der Waals surface area contributed by atoms with Crippen LogP contribution in [0.4, 0.5) is 5.69 Å². The van der Waals surface area contributed by atoms with Gasteiger partial charge in [-0.1, -0.05) is 98.9 Å². The lowest BCUT2D eigenvalue weighted by atomic mass is 9.82. The number of hydrogen-bond acceptors (Lipinski definition) is 21. The van der Waals surface area contributed by atoms with E-state index in [1.54, 1.807) is 117 Å². The highest BCUT2D eigenvalue weighted by atomic mass is 16.7. The van der Waals surface area contributed by atoms with Crippen LogP contribution < -0.4 is 16.4 Å². The number of hydrogen-bond donors (Lipinski definition) is 13. The van der Waals surface area contributed by atoms with E-state index in [4.69, 9.17) is 24.7 Å². The summed E-state index contributed by atoms with van der Waals surface area (Å²) in [5.41, 5.74) is 7.45. The van der Waals surface area contributed by atoms with Gasteiger partial charge in [0.2, 0.25) is 5.91 Å². The topological polar surface area (TPSA) is 361 Å². The largest absolute Gasteiger partial charge is 0.461 e. The number of cyclic esters (lactones) is 1. The molecule has 1 aromatic rings. The Morgan fingerprint density at radius 2 is 1.31 bits per heavy atom. The first-order valence-corrected chi connectivity index (χ1v) is 30.0. The summed E-state index contributed by atoms with van der Waals surface area (Å²) >= 11 is 0. The van der Waals surface area contributed by atoms with E-state index in [0.29, 0.717) is 24.9 Å². The maximum absolute atomic E-state index is 13.9. The number of ketones is 2. The molecule has 3 heterocycles. The highest BCUT2D eigenvalue weighted by molar-refractivity contribution is 5.96. The van der Waals surface area contributed by atoms with Gasteiger partial charge in [0.05, 0.1) is 85.5 Å². The van der Waals surface area contributed by atoms with E-state index in [9.17, 15) is 70.2 Å². The first-order valence-electron chi connectivity index (χ1n) is 30.0. The van der Waals surface area contributed by atoms with Crippen LogP contribution in [0.15, 0.2) is 109 Å². The van der Waals surface area contributed by atoms with Gasteiger partial charge in [-0.15, -0.1) is 0 Å². The average molecular weight is 1210 g/mol. The second-order valence-corrected chi connectivity index (χ2v) is 23.5. The lowest BCUT2D eigenvalue weighted by Gasteiger charge is -2.46. The van der Waals surface area contributed by atoms with E-state index in [2.05, 4.69) is 10.6 Å². The third kappa shape index (κ3) is 26.3. The highest BCUT2D eigenvalue weighted by Crippen LogP contribution is 2.38. The molecule has 86 heavy (non-hydrogen) atoms. The zero-order valence-corrected chi connectivity index (χ0v) is 50.7. The maximum atomic E-state index is 13.9. The number of esters is 1. The number of ether oxygens (including phenoxy) is 4. The quantitative estimate of drug-likeness (QED) is 0.0682. The predicted octanol–water partition coefficient (Wildman–Crippen LogP) is 2.73. The van der Waals surface area contributed by atoms with Crippen molar-refractivity contribution >= 4 is 29.1 Å². The van der Waals surface area contributed by atoms with Gasteiger partial charge in [0, 0.05) is 69.3 Å². The summed E-state index contributed by atoms with van der Waals surface area (Å²) in [4.78, 5) is 55.2. The number of benzene rings is 1. The van der Waals surface area contributed by atoms with Gasteiger partial charge in [-0.25, -0.2) is 0 Å². The van der Waals surface area contributed by atoms with E-state index in [1.165, 1.54) is 0 Å². The molecule has 2 fully saturated rings. The van der Waals surface area contributed by atoms with Crippen molar-refractivity contribution in [3.8, 4) is 0 Å². The molecule has 482 valence electrons. The summed E-state index contributed by atoms with van der Waals surface area (Å²) in [6, 6.07) is 5.78. The molecule has 1 aromatic carbocycles. The van der Waals surface area contributed by atoms with Crippen LogP contribution in [0, 0.1) is 17.8 Å². The van der Waals surface area contributed by atoms with Crippen LogP contribution in [0.2, 0.25) is 0 Å². The minimum atomic E-state index is -2.28. The van der Waals surface area contributed by atoms with E-state index in [1.807, 2.05) is 38.9 Å². The van der Waals surface area contributed by atoms with E-state index < -0.39 is 160 Å². The van der Waals surface area contributed by atoms with Crippen molar-refractivity contribution in [1.29, 1.82) is 0 Å². The number of rotatable bonds is 15. The van der Waals surface area contributed by atoms with E-state index in [-0.39, 0.29) is 56.3 Å². The van der Waals surface area contributed by atoms with E-state index in [0.717, 1.165) is 5.69 Å². The van der Waals surface area contributed by atoms with Crippen molar-refractivity contribution in [3.63, 3.8) is 0 Å². The summed E-state index contributed by atoms with van der Waals surface area (Å²) in [6.07, 6.45) is 3.97. The number of fused-ring (bicyclic) bond motifs is 2. The molecule has 0 saturated carbocycles. The summed E-state index contributed by atoms with van der Waals surface area (Å²) in [6.45, 7) is 6.18. The molecule has 22 nitrogen and oxygen atoms in total. The van der Waals surface area contributed by atoms with Gasteiger partial charge in [-0.3, -0.25) is 19.2 Å². The van der Waals surface area contributed by atoms with E-state index >= 15 is 0 Å². The van der Waals surface area contributed by atoms with Crippen molar-refractivity contribution in [2.45, 2.75) is 202 Å². The zero-order chi connectivity index (χ0) is 63.5. The van der Waals surface area contributed by atoms with Crippen LogP contribution >= 0.6 is 0 Å². The third-order valence-electron chi connectivity index (χ3n) is 15.5. The number of nitrogens with zero attached hydrogens (tertiary/aromatic N) is 1. The Kier molecular flexibility index (Phi) is 32.1. The van der Waals surface area contributed by atoms with Crippen molar-refractivity contribution in [3.05, 3.63) is 115 Å². The molecule has 0 radical (unpaired) electrons. The monoisotopic (exact) mass is 1210 g/mol. The fraction of sp³-hybridized carbons (Fsp3) is 0.625. The van der Waals surface area contributed by atoms with Gasteiger partial charge in [0.25, 0.3) is 0 Å². The summed E-state index contributed by atoms with van der Waals surface area (Å²) in [7, 11) is 5.54. The number of anilines is 1. The predicted molar refractivity (Wildman–Crippen MR) is 324 cm³/mol. The van der Waals surface area contributed by atoms with Crippen molar-refractivity contribution < 1.29 is 89.2 Å². The summed E-state index contributed by atoms with van der Waals surface area (Å²) in [5, 5.41) is 117. The van der Waals surface area contributed by atoms with Crippen LogP contribution in [0.1, 0.15) is 115 Å². The van der Waals surface area contributed by atoms with Crippen LogP contribution in [0.5, 0.6) is 0 Å². The molecule has 0 aromatic heterocycles. The van der Waals surface area contributed by atoms with Gasteiger partial charge in [-0.05, 0) is 96.3 Å². The van der Waals surface area contributed by atoms with Gasteiger partial charge >= 0.3 is 5.97 Å². The highest BCUT2D eigenvalue weighted by Gasteiger charge is 2.51. The van der Waals surface area contributed by atoms with Gasteiger partial charge in [0.15, 0.2) is 17.9 Å². The number of carbonyl (C=O) groups is 4. The average Bonchev–Trinajstić information content (AvgIpc) is 1.35. The van der Waals surface area contributed by atoms with Crippen molar-refractivity contribution in [1.82, 2.24) is 10.2 Å². The van der Waals surface area contributed by atoms with Crippen molar-refractivity contribution in [2.24, 2.45) is 23.5 Å². The molecule has 0 spiro atoms. The number of carbonyl (C=O) groups excluding carboxylic acids is 4. The fourth-order valence-corrected chi connectivity index (χ4v) is 10.8. The second kappa shape index (κ2) is 37.7. The Balaban J connectivity index is 1.58. The molecule has 19 atom stereocenters. The van der Waals surface area contributed by atoms with Gasteiger partial charge in [0.1, 0.15) is 18.0 Å². The standard InChI is InChI=1S/C64H98N4O18/c1-40-20-17-15-13-11-9-7-8-10-12-14-16-18-21-52(84-63-60(80)58(65)59(79)42(3)83-63)37-55-57(62(81)67-28-19-29-68(5)6)54(77)39-64(82,86-55)38-51(75)34-49(73)32-47(71)30-46(70)31-48(72)33-50(74)36-56(78)85-61(40)41(2)22-27-45(69)35-53(76)43-23-25-44(66-4)26-24-43/h7-18,20-21,23-26,40-42,45-47,49-52,54-55,57-61,63,66,69-71,73-75,77,79-80,82H,19,22,27-39,65H2,1-6H3,(H,67,81)/b8-7-,11-9-,12-10+,15-13+,16-14+,20-17+,21-18+/t40?,41?,42-,45?,46?,47?,49?,50?,51?,52?,54?,55?,57?,58+,59-,60+,61?,63+,64?/m1/s1. The third-order valence-corrected chi connectivity index (χ3v) is 15.5. The molecule has 2 saturated heterocycles. The Morgan fingerprint density at radius 1 is 0.744 bits per heavy atom.